The Morgan fingerprint density at radius 3 is 1.54 bits per heavy atom. The van der Waals surface area contributed by atoms with Gasteiger partial charge in [-0.25, -0.2) is 0 Å². The molecule has 0 saturated carbocycles. The highest BCUT2D eigenvalue weighted by molar-refractivity contribution is 6.42. The molecule has 7 aromatic rings. The molecule has 0 aliphatic rings. The second-order valence-electron chi connectivity index (χ2n) is 7.33. The number of rotatable bonds is 0. The molecule has 0 amide bonds. The molecule has 7 aromatic carbocycles. The van der Waals surface area contributed by atoms with Gasteiger partial charge in [-0.2, -0.15) is 0 Å². The van der Waals surface area contributed by atoms with Gasteiger partial charge < -0.3 is 0 Å². The first-order valence-corrected chi connectivity index (χ1v) is 9.14. The van der Waals surface area contributed by atoms with Crippen LogP contribution >= 0.6 is 0 Å². The van der Waals surface area contributed by atoms with Crippen molar-refractivity contribution in [3.8, 4) is 0 Å². The van der Waals surface area contributed by atoms with Gasteiger partial charge in [-0.1, -0.05) is 78.9 Å². The lowest BCUT2D eigenvalue weighted by atomic mass is 10.00. The lowest BCUT2D eigenvalue weighted by molar-refractivity contribution is 1.85. The van der Waals surface area contributed by atoms with Crippen LogP contribution in [0.3, 0.4) is 0 Å². The normalized spacial score (nSPS) is 12.6. The Balaban J connectivity index is 1.94. The van der Waals surface area contributed by atoms with Gasteiger partial charge in [-0.3, -0.25) is 0 Å². The maximum absolute atomic E-state index is 2.43. The van der Waals surface area contributed by atoms with Crippen LogP contribution in [0.15, 0.2) is 84.9 Å². The van der Waals surface area contributed by atoms with Gasteiger partial charge in [0.2, 0.25) is 0 Å². The number of hydrogen-bond donors (Lipinski definition) is 0. The van der Waals surface area contributed by atoms with Crippen molar-refractivity contribution in [1.29, 1.82) is 0 Å². The Hall–Kier alpha value is -3.38. The Bertz CT molecular complexity index is 1610. The van der Waals surface area contributed by atoms with E-state index in [1.807, 2.05) is 0 Å². The van der Waals surface area contributed by atoms with Crippen molar-refractivity contribution in [3.63, 3.8) is 0 Å². The van der Waals surface area contributed by atoms with Crippen LogP contribution in [0.2, 0.25) is 0 Å². The van der Waals surface area contributed by atoms with Gasteiger partial charge in [0.25, 0.3) is 0 Å². The molecule has 0 unspecified atom stereocenters. The fraction of sp³-hybridized carbons (Fsp3) is 0. The van der Waals surface area contributed by atoms with Crippen molar-refractivity contribution >= 4 is 64.6 Å². The van der Waals surface area contributed by atoms with Crippen LogP contribution in [0.4, 0.5) is 0 Å². The van der Waals surface area contributed by atoms with E-state index in [9.17, 15) is 0 Å². The minimum Gasteiger partial charge on any atom is -0.0616 e. The van der Waals surface area contributed by atoms with Gasteiger partial charge in [0.05, 0.1) is 0 Å². The summed E-state index contributed by atoms with van der Waals surface area (Å²) in [5.41, 5.74) is 0. The predicted molar refractivity (Wildman–Crippen MR) is 114 cm³/mol. The molecular weight excluding hydrogens is 312 g/mol. The predicted octanol–water partition coefficient (Wildman–Crippen LogP) is 7.48. The van der Waals surface area contributed by atoms with E-state index < -0.39 is 0 Å². The van der Waals surface area contributed by atoms with Crippen molar-refractivity contribution in [3.05, 3.63) is 84.9 Å². The molecule has 0 aromatic heterocycles. The highest BCUT2D eigenvalue weighted by Gasteiger charge is 2.18. The number of hydrogen-bond acceptors (Lipinski definition) is 0. The van der Waals surface area contributed by atoms with Crippen molar-refractivity contribution in [2.75, 3.05) is 0 Å². The Kier molecular flexibility index (Phi) is 2.10. The first-order valence-electron chi connectivity index (χ1n) is 9.14. The third-order valence-electron chi connectivity index (χ3n) is 6.13. The molecule has 0 atom stereocenters. The minimum absolute atomic E-state index is 1.33. The van der Waals surface area contributed by atoms with E-state index >= 15 is 0 Å². The summed E-state index contributed by atoms with van der Waals surface area (Å²) < 4.78 is 0. The average molecular weight is 326 g/mol. The summed E-state index contributed by atoms with van der Waals surface area (Å²) in [5, 5.41) is 16.6. The molecule has 118 valence electrons. The van der Waals surface area contributed by atoms with Crippen LogP contribution in [0.1, 0.15) is 0 Å². The molecule has 0 bridgehead atoms. The van der Waals surface area contributed by atoms with E-state index in [1.54, 1.807) is 0 Å². The monoisotopic (exact) mass is 326 g/mol. The molecule has 0 fully saturated rings. The molecule has 0 heteroatoms. The van der Waals surface area contributed by atoms with Gasteiger partial charge in [-0.15, -0.1) is 0 Å². The topological polar surface area (TPSA) is 0 Å². The van der Waals surface area contributed by atoms with Crippen molar-refractivity contribution in [2.45, 2.75) is 0 Å². The van der Waals surface area contributed by atoms with E-state index in [0.29, 0.717) is 0 Å². The summed E-state index contributed by atoms with van der Waals surface area (Å²) in [4.78, 5) is 0. The first kappa shape index (κ1) is 12.9. The number of fused-ring (bicyclic) bond motifs is 7. The maximum Gasteiger partial charge on any atom is -0.00195 e. The summed E-state index contributed by atoms with van der Waals surface area (Å²) in [6, 6.07) is 31.4. The van der Waals surface area contributed by atoms with Crippen molar-refractivity contribution in [2.24, 2.45) is 0 Å². The zero-order chi connectivity index (χ0) is 16.8. The van der Waals surface area contributed by atoms with Crippen molar-refractivity contribution < 1.29 is 0 Å². The Morgan fingerprint density at radius 1 is 0.308 bits per heavy atom. The fourth-order valence-electron chi connectivity index (χ4n) is 5.15. The zero-order valence-electron chi connectivity index (χ0n) is 14.1. The lowest BCUT2D eigenvalue weighted by Crippen LogP contribution is -1.75. The van der Waals surface area contributed by atoms with Crippen LogP contribution in [0, 0.1) is 0 Å². The average Bonchev–Trinajstić information content (AvgIpc) is 3.20. The SMILES string of the molecule is c1ccc2c(c1)c1cccc3c1c2cc1c2cccc4cccc(c42)c13. The third kappa shape index (κ3) is 1.32. The van der Waals surface area contributed by atoms with Gasteiger partial charge in [0.1, 0.15) is 0 Å². The molecule has 0 spiro atoms. The van der Waals surface area contributed by atoms with Crippen LogP contribution in [-0.4, -0.2) is 0 Å². The lowest BCUT2D eigenvalue weighted by Gasteiger charge is -2.03. The van der Waals surface area contributed by atoms with Crippen LogP contribution in [0.5, 0.6) is 0 Å². The summed E-state index contributed by atoms with van der Waals surface area (Å²) >= 11 is 0. The maximum atomic E-state index is 2.43. The summed E-state index contributed by atoms with van der Waals surface area (Å²) in [6.45, 7) is 0. The van der Waals surface area contributed by atoms with Crippen LogP contribution < -0.4 is 0 Å². The van der Waals surface area contributed by atoms with E-state index in [2.05, 4.69) is 84.9 Å². The zero-order valence-corrected chi connectivity index (χ0v) is 14.1. The molecule has 0 aliphatic carbocycles. The summed E-state index contributed by atoms with van der Waals surface area (Å²) in [7, 11) is 0. The van der Waals surface area contributed by atoms with E-state index in [-0.39, 0.29) is 0 Å². The second kappa shape index (κ2) is 4.23. The van der Waals surface area contributed by atoms with Gasteiger partial charge >= 0.3 is 0 Å². The smallest absolute Gasteiger partial charge is 0.00195 e. The standard InChI is InChI=1S/C26H14/c1-2-9-17-16(8-1)18-11-5-13-21-25(18)22(17)14-23-19-10-3-6-15-7-4-12-20(24(15)19)26(21)23/h1-14H. The molecular formula is C26H14. The molecule has 0 saturated heterocycles. The van der Waals surface area contributed by atoms with Gasteiger partial charge in [0.15, 0.2) is 0 Å². The highest BCUT2D eigenvalue weighted by Crippen LogP contribution is 2.47. The van der Waals surface area contributed by atoms with E-state index in [4.69, 9.17) is 0 Å². The van der Waals surface area contributed by atoms with E-state index in [1.165, 1.54) is 64.6 Å². The number of benzene rings is 5. The Labute approximate surface area is 149 Å². The molecule has 7 rings (SSSR count). The summed E-state index contributed by atoms with van der Waals surface area (Å²) in [5.74, 6) is 0. The largest absolute Gasteiger partial charge is 0.0616 e. The first-order chi connectivity index (χ1) is 12.9. The molecule has 0 nitrogen and oxygen atoms in total. The van der Waals surface area contributed by atoms with Gasteiger partial charge in [-0.05, 0) is 70.7 Å². The quantitative estimate of drug-likeness (QED) is 0.271. The fourth-order valence-corrected chi connectivity index (χ4v) is 5.15. The van der Waals surface area contributed by atoms with E-state index in [0.717, 1.165) is 0 Å². The van der Waals surface area contributed by atoms with Crippen LogP contribution in [-0.2, 0) is 0 Å². The van der Waals surface area contributed by atoms with Gasteiger partial charge in [0, 0.05) is 0 Å². The Morgan fingerprint density at radius 2 is 0.769 bits per heavy atom. The highest BCUT2D eigenvalue weighted by atomic mass is 14.2. The molecule has 26 heavy (non-hydrogen) atoms. The molecule has 0 heterocycles. The molecule has 0 N–H and O–H groups in total. The second-order valence-corrected chi connectivity index (χ2v) is 7.33. The molecule has 0 radical (unpaired) electrons. The minimum atomic E-state index is 1.33. The van der Waals surface area contributed by atoms with Crippen LogP contribution in [0.25, 0.3) is 64.6 Å². The van der Waals surface area contributed by atoms with Crippen molar-refractivity contribution in [1.82, 2.24) is 0 Å². The third-order valence-corrected chi connectivity index (χ3v) is 6.13. The molecule has 0 aliphatic heterocycles. The summed E-state index contributed by atoms with van der Waals surface area (Å²) in [6.07, 6.45) is 0.